The average Bonchev–Trinajstić information content (AvgIpc) is 3.12. The van der Waals surface area contributed by atoms with Crippen molar-refractivity contribution in [2.24, 2.45) is 23.0 Å². The van der Waals surface area contributed by atoms with Crippen molar-refractivity contribution < 1.29 is 19.8 Å². The minimum absolute atomic E-state index is 0.263. The number of carbonyl (C=O) groups is 2. The van der Waals surface area contributed by atoms with Gasteiger partial charge in [0.15, 0.2) is 0 Å². The molecular formula is C46H58N2O4. The number of amides is 2. The second-order valence-electron chi connectivity index (χ2n) is 16.0. The molecule has 2 atom stereocenters. The van der Waals surface area contributed by atoms with E-state index in [4.69, 9.17) is 5.73 Å². The van der Waals surface area contributed by atoms with Crippen molar-refractivity contribution in [1.29, 1.82) is 0 Å². The Morgan fingerprint density at radius 3 is 1.12 bits per heavy atom. The monoisotopic (exact) mass is 702 g/mol. The minimum atomic E-state index is -1.49. The Balaban J connectivity index is 1.79. The van der Waals surface area contributed by atoms with Crippen LogP contribution in [0.15, 0.2) is 121 Å². The van der Waals surface area contributed by atoms with Gasteiger partial charge in [0.2, 0.25) is 11.8 Å². The minimum Gasteiger partial charge on any atom is -0.387 e. The fourth-order valence-electron chi connectivity index (χ4n) is 9.14. The summed E-state index contributed by atoms with van der Waals surface area (Å²) in [5, 5.41) is 26.9. The molecule has 0 aromatic heterocycles. The largest absolute Gasteiger partial charge is 0.387 e. The van der Waals surface area contributed by atoms with Gasteiger partial charge >= 0.3 is 0 Å². The van der Waals surface area contributed by atoms with E-state index in [9.17, 15) is 15.0 Å². The number of hydrogen-bond donors (Lipinski definition) is 3. The van der Waals surface area contributed by atoms with Gasteiger partial charge in [0, 0.05) is 25.7 Å². The van der Waals surface area contributed by atoms with E-state index >= 15 is 4.79 Å². The first-order chi connectivity index (χ1) is 24.9. The molecule has 1 saturated carbocycles. The normalized spacial score (nSPS) is 16.0. The SMILES string of the molecule is CC(C)C(N(C(=O)C1(C(N)=O)CCCCC1)C(C(C)C)C(O)(Cc1ccccc1)Cc1ccccc1)C(O)(Cc1ccccc1)Cc1ccccc1. The van der Waals surface area contributed by atoms with E-state index in [0.717, 1.165) is 28.7 Å². The number of carbonyl (C=O) groups excluding carboxylic acids is 2. The molecular weight excluding hydrogens is 645 g/mol. The van der Waals surface area contributed by atoms with Gasteiger partial charge in [0.05, 0.1) is 23.3 Å². The van der Waals surface area contributed by atoms with Gasteiger partial charge in [-0.25, -0.2) is 0 Å². The Morgan fingerprint density at radius 2 is 0.865 bits per heavy atom. The van der Waals surface area contributed by atoms with Gasteiger partial charge in [-0.1, -0.05) is 168 Å². The number of rotatable bonds is 16. The number of nitrogens with two attached hydrogens (primary N) is 1. The van der Waals surface area contributed by atoms with Gasteiger partial charge in [-0.2, -0.15) is 0 Å². The van der Waals surface area contributed by atoms with Gasteiger partial charge in [-0.15, -0.1) is 0 Å². The molecule has 4 aromatic rings. The van der Waals surface area contributed by atoms with Gasteiger partial charge in [0.1, 0.15) is 5.41 Å². The molecule has 4 aromatic carbocycles. The molecule has 0 bridgehead atoms. The Kier molecular flexibility index (Phi) is 12.8. The van der Waals surface area contributed by atoms with Gasteiger partial charge in [-0.05, 0) is 46.9 Å². The standard InChI is InChI=1S/C46H58N2O4/c1-34(2)40(45(51,30-36-20-10-5-11-21-36)31-37-22-12-6-13-23-37)48(43(50)44(42(47)49)28-18-9-19-29-44)41(35(3)4)46(52,32-38-24-14-7-15-25-38)33-39-26-16-8-17-27-39/h5-8,10-17,20-27,34-35,40-41,51-52H,9,18-19,28-33H2,1-4H3,(H2,47,49). The number of nitrogens with zero attached hydrogens (tertiary/aromatic N) is 1. The molecule has 0 saturated heterocycles. The summed E-state index contributed by atoms with van der Waals surface area (Å²) >= 11 is 0. The predicted octanol–water partition coefficient (Wildman–Crippen LogP) is 7.73. The van der Waals surface area contributed by atoms with Crippen molar-refractivity contribution in [3.63, 3.8) is 0 Å². The fraction of sp³-hybridized carbons (Fsp3) is 0.435. The zero-order valence-corrected chi connectivity index (χ0v) is 31.5. The van der Waals surface area contributed by atoms with Crippen LogP contribution in [0.2, 0.25) is 0 Å². The van der Waals surface area contributed by atoms with Crippen LogP contribution in [-0.2, 0) is 35.3 Å². The number of primary amides is 1. The lowest BCUT2D eigenvalue weighted by molar-refractivity contribution is -0.180. The molecule has 276 valence electrons. The predicted molar refractivity (Wildman–Crippen MR) is 209 cm³/mol. The molecule has 5 rings (SSSR count). The topological polar surface area (TPSA) is 104 Å². The summed E-state index contributed by atoms with van der Waals surface area (Å²) in [5.74, 6) is -1.55. The van der Waals surface area contributed by atoms with Crippen LogP contribution >= 0.6 is 0 Å². The molecule has 0 spiro atoms. The lowest BCUT2D eigenvalue weighted by Gasteiger charge is -2.55. The Hall–Kier alpha value is -4.26. The summed E-state index contributed by atoms with van der Waals surface area (Å²) in [4.78, 5) is 31.4. The fourth-order valence-corrected chi connectivity index (χ4v) is 9.14. The van der Waals surface area contributed by atoms with Crippen molar-refractivity contribution in [1.82, 2.24) is 4.90 Å². The van der Waals surface area contributed by atoms with Gasteiger partial charge < -0.3 is 20.8 Å². The summed E-state index contributed by atoms with van der Waals surface area (Å²) < 4.78 is 0. The van der Waals surface area contributed by atoms with Crippen LogP contribution in [0.1, 0.15) is 82.1 Å². The molecule has 0 radical (unpaired) electrons. The van der Waals surface area contributed by atoms with Crippen molar-refractivity contribution in [2.75, 3.05) is 0 Å². The van der Waals surface area contributed by atoms with Crippen LogP contribution in [0.4, 0.5) is 0 Å². The highest BCUT2D eigenvalue weighted by atomic mass is 16.3. The highest BCUT2D eigenvalue weighted by molar-refractivity contribution is 6.04. The van der Waals surface area contributed by atoms with Crippen LogP contribution in [0.3, 0.4) is 0 Å². The molecule has 4 N–H and O–H groups in total. The Labute approximate surface area is 311 Å². The Morgan fingerprint density at radius 1 is 0.577 bits per heavy atom. The van der Waals surface area contributed by atoms with Crippen LogP contribution in [0.5, 0.6) is 0 Å². The smallest absolute Gasteiger partial charge is 0.238 e. The second-order valence-corrected chi connectivity index (χ2v) is 16.0. The van der Waals surface area contributed by atoms with Gasteiger partial charge in [0.25, 0.3) is 0 Å². The zero-order chi connectivity index (χ0) is 37.4. The molecule has 2 unspecified atom stereocenters. The molecule has 1 aliphatic carbocycles. The molecule has 52 heavy (non-hydrogen) atoms. The van der Waals surface area contributed by atoms with Crippen molar-refractivity contribution >= 4 is 11.8 Å². The molecule has 2 amide bonds. The van der Waals surface area contributed by atoms with Crippen LogP contribution < -0.4 is 5.73 Å². The Bertz CT molecular complexity index is 1510. The maximum Gasteiger partial charge on any atom is 0.238 e. The summed E-state index contributed by atoms with van der Waals surface area (Å²) in [5.41, 5.74) is 5.61. The van der Waals surface area contributed by atoms with Crippen LogP contribution in [0, 0.1) is 17.3 Å². The molecule has 6 nitrogen and oxygen atoms in total. The van der Waals surface area contributed by atoms with Crippen molar-refractivity contribution in [3.8, 4) is 0 Å². The maximum absolute atomic E-state index is 15.9. The lowest BCUT2D eigenvalue weighted by Crippen LogP contribution is -2.71. The third-order valence-electron chi connectivity index (χ3n) is 11.2. The van der Waals surface area contributed by atoms with Crippen molar-refractivity contribution in [2.45, 2.75) is 109 Å². The number of hydrogen-bond acceptors (Lipinski definition) is 4. The van der Waals surface area contributed by atoms with Crippen molar-refractivity contribution in [3.05, 3.63) is 144 Å². The molecule has 0 aliphatic heterocycles. The van der Waals surface area contributed by atoms with E-state index in [1.165, 1.54) is 0 Å². The van der Waals surface area contributed by atoms with Crippen LogP contribution in [0.25, 0.3) is 0 Å². The van der Waals surface area contributed by atoms with E-state index < -0.39 is 34.6 Å². The van der Waals surface area contributed by atoms with E-state index in [1.54, 1.807) is 4.90 Å². The molecule has 1 fully saturated rings. The van der Waals surface area contributed by atoms with E-state index in [0.29, 0.717) is 25.7 Å². The van der Waals surface area contributed by atoms with E-state index in [-0.39, 0.29) is 43.4 Å². The first kappa shape index (κ1) is 39.0. The molecule has 0 heterocycles. The molecule has 6 heteroatoms. The third kappa shape index (κ3) is 8.85. The quantitative estimate of drug-likeness (QED) is 0.104. The average molecular weight is 703 g/mol. The van der Waals surface area contributed by atoms with E-state index in [1.807, 2.05) is 149 Å². The summed E-state index contributed by atoms with van der Waals surface area (Å²) in [6.07, 6.45) is 4.08. The number of benzene rings is 4. The highest BCUT2D eigenvalue weighted by Crippen LogP contribution is 2.45. The molecule has 1 aliphatic rings. The second kappa shape index (κ2) is 17.0. The zero-order valence-electron chi connectivity index (χ0n) is 31.5. The third-order valence-corrected chi connectivity index (χ3v) is 11.2. The first-order valence-corrected chi connectivity index (χ1v) is 19.1. The first-order valence-electron chi connectivity index (χ1n) is 19.1. The summed E-state index contributed by atoms with van der Waals surface area (Å²) in [6, 6.07) is 38.0. The summed E-state index contributed by atoms with van der Waals surface area (Å²) in [6.45, 7) is 8.15. The van der Waals surface area contributed by atoms with Crippen LogP contribution in [-0.4, -0.2) is 50.2 Å². The number of aliphatic hydroxyl groups is 2. The maximum atomic E-state index is 15.9. The summed E-state index contributed by atoms with van der Waals surface area (Å²) in [7, 11) is 0. The van der Waals surface area contributed by atoms with E-state index in [2.05, 4.69) is 0 Å². The van der Waals surface area contributed by atoms with Gasteiger partial charge in [-0.3, -0.25) is 9.59 Å². The lowest BCUT2D eigenvalue weighted by atomic mass is 9.68. The highest BCUT2D eigenvalue weighted by Gasteiger charge is 2.57.